The number of halogens is 2. The van der Waals surface area contributed by atoms with Crippen molar-refractivity contribution in [3.63, 3.8) is 0 Å². The molecule has 1 rings (SSSR count). The molecule has 0 unspecified atom stereocenters. The predicted molar refractivity (Wildman–Crippen MR) is 83.1 cm³/mol. The number of benzene rings is 1. The van der Waals surface area contributed by atoms with Gasteiger partial charge in [0.15, 0.2) is 0 Å². The van der Waals surface area contributed by atoms with Crippen LogP contribution in [0.2, 0.25) is 5.02 Å². The van der Waals surface area contributed by atoms with Gasteiger partial charge in [-0.25, -0.2) is 9.59 Å². The molecule has 0 aliphatic carbocycles. The van der Waals surface area contributed by atoms with E-state index in [0.717, 1.165) is 29.8 Å². The topological polar surface area (TPSA) is 87.1 Å². The van der Waals surface area contributed by atoms with Gasteiger partial charge in [-0.2, -0.15) is 0 Å². The first-order chi connectivity index (χ1) is 9.73. The van der Waals surface area contributed by atoms with Crippen molar-refractivity contribution in [1.29, 1.82) is 0 Å². The number of aliphatic carboxylic acids is 2. The van der Waals surface area contributed by atoms with E-state index >= 15 is 0 Å². The molecule has 0 radical (unpaired) electrons. The van der Waals surface area contributed by atoms with E-state index in [0.29, 0.717) is 5.02 Å². The van der Waals surface area contributed by atoms with Crippen molar-refractivity contribution in [2.45, 2.75) is 6.42 Å². The molecule has 1 aromatic rings. The molecule has 1 aromatic carbocycles. The molecular formula is C13H17BrClNO5. The molecule has 8 heteroatoms. The van der Waals surface area contributed by atoms with Crippen LogP contribution < -0.4 is 4.74 Å². The quantitative estimate of drug-likeness (QED) is 0.601. The largest absolute Gasteiger partial charge is 0.492 e. The third-order valence-corrected chi connectivity index (χ3v) is 2.94. The van der Waals surface area contributed by atoms with E-state index in [4.69, 9.17) is 36.1 Å². The molecule has 21 heavy (non-hydrogen) atoms. The van der Waals surface area contributed by atoms with Gasteiger partial charge in [0.2, 0.25) is 0 Å². The number of carboxylic acid groups (broad SMARTS) is 2. The Hall–Kier alpha value is -1.31. The molecule has 0 aliphatic rings. The van der Waals surface area contributed by atoms with Gasteiger partial charge >= 0.3 is 11.9 Å². The van der Waals surface area contributed by atoms with Crippen molar-refractivity contribution in [2.24, 2.45) is 0 Å². The Kier molecular flexibility index (Phi) is 9.77. The summed E-state index contributed by atoms with van der Waals surface area (Å²) in [6, 6.07) is 5.54. The highest BCUT2D eigenvalue weighted by Crippen LogP contribution is 2.27. The Labute approximate surface area is 136 Å². The maximum atomic E-state index is 9.10. The highest BCUT2D eigenvalue weighted by molar-refractivity contribution is 9.10. The molecule has 0 aromatic heterocycles. The zero-order valence-corrected chi connectivity index (χ0v) is 14.0. The minimum absolute atomic E-state index is 0.711. The molecule has 0 saturated carbocycles. The fourth-order valence-electron chi connectivity index (χ4n) is 1.16. The predicted octanol–water partition coefficient (Wildman–Crippen LogP) is 2.59. The summed E-state index contributed by atoms with van der Waals surface area (Å²) in [6.07, 6.45) is 1.02. The average molecular weight is 383 g/mol. The number of carbonyl (C=O) groups is 2. The van der Waals surface area contributed by atoms with Gasteiger partial charge in [-0.3, -0.25) is 0 Å². The highest BCUT2D eigenvalue weighted by Gasteiger charge is 2.04. The Balaban J connectivity index is 0.000000567. The summed E-state index contributed by atoms with van der Waals surface area (Å²) in [5.74, 6) is -2.80. The van der Waals surface area contributed by atoms with Gasteiger partial charge in [-0.05, 0) is 54.6 Å². The Morgan fingerprint density at radius 3 is 2.29 bits per heavy atom. The van der Waals surface area contributed by atoms with Crippen LogP contribution >= 0.6 is 27.5 Å². The van der Waals surface area contributed by atoms with Gasteiger partial charge in [0.1, 0.15) is 5.75 Å². The van der Waals surface area contributed by atoms with Crippen molar-refractivity contribution in [3.05, 3.63) is 27.7 Å². The second-order valence-corrected chi connectivity index (χ2v) is 5.48. The van der Waals surface area contributed by atoms with Crippen molar-refractivity contribution < 1.29 is 24.5 Å². The number of ether oxygens (including phenoxy) is 1. The summed E-state index contributed by atoms with van der Waals surface area (Å²) in [7, 11) is 4.11. The average Bonchev–Trinajstić information content (AvgIpc) is 2.37. The van der Waals surface area contributed by atoms with Crippen LogP contribution in [-0.4, -0.2) is 54.3 Å². The number of rotatable bonds is 5. The Bertz CT molecular complexity index is 470. The van der Waals surface area contributed by atoms with Gasteiger partial charge in [-0.15, -0.1) is 0 Å². The molecule has 118 valence electrons. The van der Waals surface area contributed by atoms with E-state index in [1.54, 1.807) is 0 Å². The number of carboxylic acids is 2. The minimum Gasteiger partial charge on any atom is -0.492 e. The van der Waals surface area contributed by atoms with Gasteiger partial charge in [0.25, 0.3) is 0 Å². The first kappa shape index (κ1) is 19.7. The molecule has 0 aliphatic heterocycles. The van der Waals surface area contributed by atoms with Crippen molar-refractivity contribution in [2.75, 3.05) is 27.2 Å². The van der Waals surface area contributed by atoms with Crippen LogP contribution in [0.3, 0.4) is 0 Å². The van der Waals surface area contributed by atoms with Gasteiger partial charge in [0, 0.05) is 11.6 Å². The number of nitrogens with zero attached hydrogens (tertiary/aromatic N) is 1. The van der Waals surface area contributed by atoms with Crippen molar-refractivity contribution in [1.82, 2.24) is 4.90 Å². The van der Waals surface area contributed by atoms with Gasteiger partial charge < -0.3 is 19.8 Å². The first-order valence-corrected chi connectivity index (χ1v) is 7.10. The fraction of sp³-hybridized carbons (Fsp3) is 0.385. The Morgan fingerprint density at radius 2 is 1.86 bits per heavy atom. The molecule has 6 nitrogen and oxygen atoms in total. The maximum absolute atomic E-state index is 9.10. The summed E-state index contributed by atoms with van der Waals surface area (Å²) in [5, 5.41) is 15.5. The number of hydrogen-bond donors (Lipinski definition) is 2. The normalized spacial score (nSPS) is 9.76. The third-order valence-electron chi connectivity index (χ3n) is 2.08. The lowest BCUT2D eigenvalue weighted by Gasteiger charge is -2.11. The molecule has 0 amide bonds. The molecule has 0 bridgehead atoms. The van der Waals surface area contributed by atoms with Crippen LogP contribution in [0.15, 0.2) is 22.7 Å². The fourth-order valence-corrected chi connectivity index (χ4v) is 1.95. The molecule has 0 heterocycles. The summed E-state index contributed by atoms with van der Waals surface area (Å²) in [5.41, 5.74) is 0. The van der Waals surface area contributed by atoms with Gasteiger partial charge in [-0.1, -0.05) is 11.6 Å². The van der Waals surface area contributed by atoms with E-state index < -0.39 is 11.9 Å². The summed E-state index contributed by atoms with van der Waals surface area (Å²) in [6.45, 7) is 1.75. The monoisotopic (exact) mass is 381 g/mol. The van der Waals surface area contributed by atoms with Crippen LogP contribution in [0.5, 0.6) is 5.75 Å². The minimum atomic E-state index is -1.82. The molecule has 2 N–H and O–H groups in total. The van der Waals surface area contributed by atoms with Gasteiger partial charge in [0.05, 0.1) is 11.1 Å². The van der Waals surface area contributed by atoms with E-state index in [1.807, 2.05) is 18.2 Å². The second-order valence-electron chi connectivity index (χ2n) is 4.19. The zero-order chi connectivity index (χ0) is 16.4. The van der Waals surface area contributed by atoms with E-state index in [2.05, 4.69) is 34.9 Å². The summed E-state index contributed by atoms with van der Waals surface area (Å²) >= 11 is 9.24. The molecule has 0 fully saturated rings. The lowest BCUT2D eigenvalue weighted by molar-refractivity contribution is -0.159. The Morgan fingerprint density at radius 1 is 1.29 bits per heavy atom. The second kappa shape index (κ2) is 10.4. The zero-order valence-electron chi connectivity index (χ0n) is 11.7. The standard InChI is InChI=1S/C11H15BrClNO.C2H2O4/c1-14(2)6-3-7-15-11-5-4-9(13)8-10(11)12;3-1(4)2(5)6/h4-5,8H,3,6-7H2,1-2H3;(H,3,4)(H,5,6). The van der Waals surface area contributed by atoms with Crippen LogP contribution in [0.1, 0.15) is 6.42 Å². The molecule has 0 saturated heterocycles. The maximum Gasteiger partial charge on any atom is 0.414 e. The van der Waals surface area contributed by atoms with E-state index in [1.165, 1.54) is 0 Å². The first-order valence-electron chi connectivity index (χ1n) is 5.92. The summed E-state index contributed by atoms with van der Waals surface area (Å²) in [4.78, 5) is 20.3. The molecule has 0 atom stereocenters. The van der Waals surface area contributed by atoms with E-state index in [-0.39, 0.29) is 0 Å². The van der Waals surface area contributed by atoms with Crippen LogP contribution in [0.25, 0.3) is 0 Å². The molecular weight excluding hydrogens is 366 g/mol. The summed E-state index contributed by atoms with van der Waals surface area (Å²) < 4.78 is 6.51. The van der Waals surface area contributed by atoms with Crippen LogP contribution in [0.4, 0.5) is 0 Å². The lowest BCUT2D eigenvalue weighted by Crippen LogP contribution is -2.15. The van der Waals surface area contributed by atoms with Crippen LogP contribution in [0, 0.1) is 0 Å². The number of hydrogen-bond acceptors (Lipinski definition) is 4. The van der Waals surface area contributed by atoms with Crippen molar-refractivity contribution >= 4 is 39.5 Å². The van der Waals surface area contributed by atoms with Crippen molar-refractivity contribution in [3.8, 4) is 5.75 Å². The smallest absolute Gasteiger partial charge is 0.414 e. The SMILES string of the molecule is CN(C)CCCOc1ccc(Cl)cc1Br.O=C(O)C(=O)O. The third kappa shape index (κ3) is 10.1. The molecule has 0 spiro atoms. The lowest BCUT2D eigenvalue weighted by atomic mass is 10.3. The highest BCUT2D eigenvalue weighted by atomic mass is 79.9. The van der Waals surface area contributed by atoms with Crippen LogP contribution in [-0.2, 0) is 9.59 Å². The van der Waals surface area contributed by atoms with E-state index in [9.17, 15) is 0 Å².